The molecule has 2 aromatic rings. The van der Waals surface area contributed by atoms with Crippen molar-refractivity contribution >= 4 is 0 Å². The van der Waals surface area contributed by atoms with Crippen LogP contribution in [0, 0.1) is 0 Å². The SMILES string of the molecule is COc1ccc(CN[C@H]2C[C@@H](C)N[C@H]2COc2ccc(C(C)C)cc2)cc1. The summed E-state index contributed by atoms with van der Waals surface area (Å²) in [6.07, 6.45) is 1.11. The number of ether oxygens (including phenoxy) is 2. The number of rotatable bonds is 8. The van der Waals surface area contributed by atoms with Crippen LogP contribution in [0.3, 0.4) is 0 Å². The second-order valence-electron chi connectivity index (χ2n) is 7.78. The maximum absolute atomic E-state index is 6.07. The quantitative estimate of drug-likeness (QED) is 0.736. The zero-order valence-corrected chi connectivity index (χ0v) is 16.9. The zero-order chi connectivity index (χ0) is 19.2. The molecule has 0 aromatic heterocycles. The molecule has 0 radical (unpaired) electrons. The van der Waals surface area contributed by atoms with Gasteiger partial charge in [-0.1, -0.05) is 38.1 Å². The van der Waals surface area contributed by atoms with E-state index >= 15 is 0 Å². The molecule has 0 saturated carbocycles. The summed E-state index contributed by atoms with van der Waals surface area (Å²) in [4.78, 5) is 0. The van der Waals surface area contributed by atoms with E-state index in [0.29, 0.717) is 30.7 Å². The van der Waals surface area contributed by atoms with E-state index < -0.39 is 0 Å². The maximum atomic E-state index is 6.07. The summed E-state index contributed by atoms with van der Waals surface area (Å²) >= 11 is 0. The smallest absolute Gasteiger partial charge is 0.119 e. The molecule has 4 nitrogen and oxygen atoms in total. The summed E-state index contributed by atoms with van der Waals surface area (Å²) < 4.78 is 11.3. The molecular weight excluding hydrogens is 336 g/mol. The van der Waals surface area contributed by atoms with E-state index in [1.807, 2.05) is 12.1 Å². The highest BCUT2D eigenvalue weighted by molar-refractivity contribution is 5.29. The maximum Gasteiger partial charge on any atom is 0.119 e. The number of methoxy groups -OCH3 is 1. The van der Waals surface area contributed by atoms with Crippen LogP contribution in [0.1, 0.15) is 44.2 Å². The molecule has 0 unspecified atom stereocenters. The molecule has 2 N–H and O–H groups in total. The number of hydrogen-bond donors (Lipinski definition) is 2. The molecule has 1 saturated heterocycles. The molecule has 1 aliphatic rings. The summed E-state index contributed by atoms with van der Waals surface area (Å²) in [5.74, 6) is 2.38. The van der Waals surface area contributed by atoms with E-state index in [2.05, 4.69) is 67.8 Å². The van der Waals surface area contributed by atoms with Gasteiger partial charge in [0.2, 0.25) is 0 Å². The van der Waals surface area contributed by atoms with Crippen LogP contribution < -0.4 is 20.1 Å². The van der Waals surface area contributed by atoms with Gasteiger partial charge in [-0.25, -0.2) is 0 Å². The summed E-state index contributed by atoms with van der Waals surface area (Å²) in [5, 5.41) is 7.34. The fourth-order valence-corrected chi connectivity index (χ4v) is 3.61. The van der Waals surface area contributed by atoms with Crippen molar-refractivity contribution < 1.29 is 9.47 Å². The molecule has 1 aliphatic heterocycles. The first kappa shape index (κ1) is 19.7. The molecule has 0 aliphatic carbocycles. The van der Waals surface area contributed by atoms with E-state index in [-0.39, 0.29) is 0 Å². The Bertz CT molecular complexity index is 697. The topological polar surface area (TPSA) is 42.5 Å². The van der Waals surface area contributed by atoms with Gasteiger partial charge in [0.15, 0.2) is 0 Å². The average molecular weight is 369 g/mol. The molecular formula is C23H32N2O2. The van der Waals surface area contributed by atoms with Crippen molar-refractivity contribution in [3.8, 4) is 11.5 Å². The minimum absolute atomic E-state index is 0.308. The van der Waals surface area contributed by atoms with E-state index in [4.69, 9.17) is 9.47 Å². The normalized spacial score (nSPS) is 22.2. The van der Waals surface area contributed by atoms with Crippen LogP contribution in [0.5, 0.6) is 11.5 Å². The minimum Gasteiger partial charge on any atom is -0.497 e. The Morgan fingerprint density at radius 2 is 1.70 bits per heavy atom. The van der Waals surface area contributed by atoms with Gasteiger partial charge in [-0.2, -0.15) is 0 Å². The van der Waals surface area contributed by atoms with E-state index in [1.165, 1.54) is 11.1 Å². The van der Waals surface area contributed by atoms with Crippen LogP contribution in [0.2, 0.25) is 0 Å². The molecule has 2 aromatic carbocycles. The van der Waals surface area contributed by atoms with Crippen LogP contribution in [0.15, 0.2) is 48.5 Å². The molecule has 0 amide bonds. The van der Waals surface area contributed by atoms with Crippen LogP contribution in [-0.2, 0) is 6.54 Å². The molecule has 146 valence electrons. The fourth-order valence-electron chi connectivity index (χ4n) is 3.61. The van der Waals surface area contributed by atoms with Crippen molar-refractivity contribution in [3.05, 3.63) is 59.7 Å². The Morgan fingerprint density at radius 1 is 1.04 bits per heavy atom. The van der Waals surface area contributed by atoms with E-state index in [1.54, 1.807) is 7.11 Å². The van der Waals surface area contributed by atoms with Crippen molar-refractivity contribution in [2.24, 2.45) is 0 Å². The van der Waals surface area contributed by atoms with Crippen molar-refractivity contribution in [1.82, 2.24) is 10.6 Å². The molecule has 0 bridgehead atoms. The lowest BCUT2D eigenvalue weighted by Gasteiger charge is -2.21. The highest BCUT2D eigenvalue weighted by Gasteiger charge is 2.31. The molecule has 4 heteroatoms. The second-order valence-corrected chi connectivity index (χ2v) is 7.78. The molecule has 3 atom stereocenters. The van der Waals surface area contributed by atoms with Crippen LogP contribution in [0.25, 0.3) is 0 Å². The molecule has 3 rings (SSSR count). The third-order valence-corrected chi connectivity index (χ3v) is 5.30. The Morgan fingerprint density at radius 3 is 2.33 bits per heavy atom. The fraction of sp³-hybridized carbons (Fsp3) is 0.478. The van der Waals surface area contributed by atoms with Gasteiger partial charge < -0.3 is 20.1 Å². The van der Waals surface area contributed by atoms with Crippen molar-refractivity contribution in [2.45, 2.75) is 57.8 Å². The van der Waals surface area contributed by atoms with Gasteiger partial charge in [0, 0.05) is 18.6 Å². The van der Waals surface area contributed by atoms with Crippen molar-refractivity contribution in [3.63, 3.8) is 0 Å². The van der Waals surface area contributed by atoms with E-state index in [0.717, 1.165) is 24.5 Å². The largest absolute Gasteiger partial charge is 0.497 e. The second kappa shape index (κ2) is 9.25. The van der Waals surface area contributed by atoms with Crippen LogP contribution >= 0.6 is 0 Å². The third-order valence-electron chi connectivity index (χ3n) is 5.30. The van der Waals surface area contributed by atoms with Gasteiger partial charge in [-0.15, -0.1) is 0 Å². The molecule has 1 heterocycles. The summed E-state index contributed by atoms with van der Waals surface area (Å²) in [7, 11) is 1.69. The van der Waals surface area contributed by atoms with Gasteiger partial charge in [0.05, 0.1) is 13.2 Å². The predicted octanol–water partition coefficient (Wildman–Crippen LogP) is 4.11. The molecule has 27 heavy (non-hydrogen) atoms. The van der Waals surface area contributed by atoms with Crippen LogP contribution in [0.4, 0.5) is 0 Å². The third kappa shape index (κ3) is 5.47. The zero-order valence-electron chi connectivity index (χ0n) is 16.9. The van der Waals surface area contributed by atoms with Gasteiger partial charge in [0.25, 0.3) is 0 Å². The first-order valence-electron chi connectivity index (χ1n) is 9.90. The van der Waals surface area contributed by atoms with E-state index in [9.17, 15) is 0 Å². The number of nitrogens with one attached hydrogen (secondary N) is 2. The lowest BCUT2D eigenvalue weighted by atomic mass is 10.0. The van der Waals surface area contributed by atoms with Gasteiger partial charge in [0.1, 0.15) is 18.1 Å². The van der Waals surface area contributed by atoms with Gasteiger partial charge in [-0.05, 0) is 54.7 Å². The minimum atomic E-state index is 0.308. The Kier molecular flexibility index (Phi) is 6.75. The highest BCUT2D eigenvalue weighted by atomic mass is 16.5. The summed E-state index contributed by atoms with van der Waals surface area (Å²) in [6.45, 7) is 8.17. The lowest BCUT2D eigenvalue weighted by molar-refractivity contribution is 0.253. The summed E-state index contributed by atoms with van der Waals surface area (Å²) in [5.41, 5.74) is 2.60. The standard InChI is InChI=1S/C23H32N2O2/c1-16(2)19-7-11-21(12-8-19)27-15-23-22(13-17(3)25-23)24-14-18-5-9-20(26-4)10-6-18/h5-12,16-17,22-25H,13-15H2,1-4H3/t17-,22+,23+/m1/s1. The van der Waals surface area contributed by atoms with Gasteiger partial charge >= 0.3 is 0 Å². The Hall–Kier alpha value is -2.04. The predicted molar refractivity (Wildman–Crippen MR) is 111 cm³/mol. The summed E-state index contributed by atoms with van der Waals surface area (Å²) in [6, 6.07) is 17.9. The average Bonchev–Trinajstić information content (AvgIpc) is 3.05. The number of hydrogen-bond acceptors (Lipinski definition) is 4. The highest BCUT2D eigenvalue weighted by Crippen LogP contribution is 2.20. The first-order valence-corrected chi connectivity index (χ1v) is 9.90. The molecule has 1 fully saturated rings. The van der Waals surface area contributed by atoms with Crippen molar-refractivity contribution in [1.29, 1.82) is 0 Å². The Balaban J connectivity index is 1.52. The first-order chi connectivity index (χ1) is 13.0. The molecule has 0 spiro atoms. The monoisotopic (exact) mass is 368 g/mol. The van der Waals surface area contributed by atoms with Gasteiger partial charge in [-0.3, -0.25) is 0 Å². The van der Waals surface area contributed by atoms with Crippen molar-refractivity contribution in [2.75, 3.05) is 13.7 Å². The Labute approximate surface area is 163 Å². The number of benzene rings is 2. The lowest BCUT2D eigenvalue weighted by Crippen LogP contribution is -2.44. The van der Waals surface area contributed by atoms with Crippen LogP contribution in [-0.4, -0.2) is 31.8 Å².